The maximum absolute atomic E-state index is 12.3. The highest BCUT2D eigenvalue weighted by Crippen LogP contribution is 2.29. The predicted molar refractivity (Wildman–Crippen MR) is 110 cm³/mol. The number of aromatic nitrogens is 3. The van der Waals surface area contributed by atoms with Gasteiger partial charge >= 0.3 is 0 Å². The lowest BCUT2D eigenvalue weighted by molar-refractivity contribution is -0.116. The standard InChI is InChI=1S/C19H22N4O2S2/c1-10-8-15(13(4)25-10)16-9-27-19(22-16)23-17(24)7-6-14-11(2)20-18(26-5)21-12(14)3/h8-9H,6-7H2,1-5H3,(H,22,23,24). The number of nitrogens with zero attached hydrogens (tertiary/aromatic N) is 3. The Morgan fingerprint density at radius 1 is 1.19 bits per heavy atom. The van der Waals surface area contributed by atoms with Gasteiger partial charge in [0.15, 0.2) is 10.3 Å². The number of carbonyl (C=O) groups is 1. The van der Waals surface area contributed by atoms with Crippen LogP contribution in [0.25, 0.3) is 11.3 Å². The van der Waals surface area contributed by atoms with E-state index in [4.69, 9.17) is 4.42 Å². The predicted octanol–water partition coefficient (Wildman–Crippen LogP) is 4.72. The highest BCUT2D eigenvalue weighted by atomic mass is 32.2. The number of rotatable bonds is 6. The van der Waals surface area contributed by atoms with Crippen molar-refractivity contribution in [2.45, 2.75) is 45.7 Å². The quantitative estimate of drug-likeness (QED) is 0.475. The zero-order chi connectivity index (χ0) is 19.6. The molecule has 8 heteroatoms. The fraction of sp³-hybridized carbons (Fsp3) is 0.368. The molecule has 0 fully saturated rings. The summed E-state index contributed by atoms with van der Waals surface area (Å²) in [6.45, 7) is 7.74. The molecule has 1 amide bonds. The van der Waals surface area contributed by atoms with Crippen molar-refractivity contribution in [2.75, 3.05) is 11.6 Å². The number of furan rings is 1. The second-order valence-corrected chi connectivity index (χ2v) is 7.90. The lowest BCUT2D eigenvalue weighted by Crippen LogP contribution is -2.13. The summed E-state index contributed by atoms with van der Waals surface area (Å²) in [5.74, 6) is 1.61. The van der Waals surface area contributed by atoms with Crippen molar-refractivity contribution >= 4 is 34.1 Å². The molecule has 0 aliphatic carbocycles. The molecule has 1 N–H and O–H groups in total. The minimum atomic E-state index is -0.0660. The van der Waals surface area contributed by atoms with Gasteiger partial charge in [0.2, 0.25) is 5.91 Å². The first-order valence-corrected chi connectivity index (χ1v) is 10.7. The van der Waals surface area contributed by atoms with Crippen LogP contribution in [-0.2, 0) is 11.2 Å². The summed E-state index contributed by atoms with van der Waals surface area (Å²) < 4.78 is 5.55. The molecule has 0 aliphatic rings. The van der Waals surface area contributed by atoms with Gasteiger partial charge in [0.25, 0.3) is 0 Å². The lowest BCUT2D eigenvalue weighted by Gasteiger charge is -2.09. The summed E-state index contributed by atoms with van der Waals surface area (Å²) in [5, 5.41) is 6.17. The second-order valence-electron chi connectivity index (χ2n) is 6.27. The second kappa shape index (κ2) is 8.22. The van der Waals surface area contributed by atoms with E-state index in [2.05, 4.69) is 20.3 Å². The van der Waals surface area contributed by atoms with Gasteiger partial charge in [-0.2, -0.15) is 0 Å². The summed E-state index contributed by atoms with van der Waals surface area (Å²) >= 11 is 2.93. The van der Waals surface area contributed by atoms with Crippen LogP contribution in [0, 0.1) is 27.7 Å². The van der Waals surface area contributed by atoms with E-state index < -0.39 is 0 Å². The van der Waals surface area contributed by atoms with Crippen LogP contribution < -0.4 is 5.32 Å². The summed E-state index contributed by atoms with van der Waals surface area (Å²) in [6, 6.07) is 1.96. The van der Waals surface area contributed by atoms with Crippen LogP contribution in [0.4, 0.5) is 5.13 Å². The van der Waals surface area contributed by atoms with Crippen LogP contribution in [0.1, 0.15) is 34.9 Å². The monoisotopic (exact) mass is 402 g/mol. The third-order valence-corrected chi connectivity index (χ3v) is 5.56. The highest BCUT2D eigenvalue weighted by Gasteiger charge is 2.14. The summed E-state index contributed by atoms with van der Waals surface area (Å²) in [6.07, 6.45) is 2.93. The number of hydrogen-bond acceptors (Lipinski definition) is 7. The molecule has 27 heavy (non-hydrogen) atoms. The zero-order valence-electron chi connectivity index (χ0n) is 16.0. The normalized spacial score (nSPS) is 11.0. The first kappa shape index (κ1) is 19.6. The topological polar surface area (TPSA) is 80.9 Å². The SMILES string of the molecule is CSc1nc(C)c(CCC(=O)Nc2nc(-c3cc(C)oc3C)cs2)c(C)n1. The number of carbonyl (C=O) groups excluding carboxylic acids is 1. The molecule has 0 radical (unpaired) electrons. The number of hydrogen-bond donors (Lipinski definition) is 1. The molecule has 0 saturated heterocycles. The van der Waals surface area contributed by atoms with Gasteiger partial charge in [-0.1, -0.05) is 11.8 Å². The molecule has 0 aliphatic heterocycles. The van der Waals surface area contributed by atoms with Gasteiger partial charge in [-0.25, -0.2) is 15.0 Å². The van der Waals surface area contributed by atoms with Gasteiger partial charge in [0, 0.05) is 28.8 Å². The Hall–Kier alpha value is -2.19. The highest BCUT2D eigenvalue weighted by molar-refractivity contribution is 7.98. The molecule has 0 aromatic carbocycles. The number of nitrogens with one attached hydrogen (secondary N) is 1. The molecule has 3 aromatic rings. The average molecular weight is 403 g/mol. The van der Waals surface area contributed by atoms with Gasteiger partial charge in [-0.05, 0) is 52.0 Å². The molecule has 0 spiro atoms. The zero-order valence-corrected chi connectivity index (χ0v) is 17.7. The summed E-state index contributed by atoms with van der Waals surface area (Å²) in [4.78, 5) is 25.8. The van der Waals surface area contributed by atoms with Crippen LogP contribution in [-0.4, -0.2) is 27.1 Å². The molecule has 142 valence electrons. The van der Waals surface area contributed by atoms with Crippen LogP contribution >= 0.6 is 23.1 Å². The van der Waals surface area contributed by atoms with Gasteiger partial charge in [0.1, 0.15) is 11.5 Å². The fourth-order valence-corrected chi connectivity index (χ4v) is 4.11. The van der Waals surface area contributed by atoms with Crippen molar-refractivity contribution in [1.29, 1.82) is 0 Å². The van der Waals surface area contributed by atoms with Gasteiger partial charge < -0.3 is 9.73 Å². The molecule has 6 nitrogen and oxygen atoms in total. The number of anilines is 1. The Morgan fingerprint density at radius 3 is 2.48 bits per heavy atom. The first-order chi connectivity index (χ1) is 12.9. The van der Waals surface area contributed by atoms with E-state index in [0.29, 0.717) is 18.0 Å². The third-order valence-electron chi connectivity index (χ3n) is 4.25. The third kappa shape index (κ3) is 4.56. The van der Waals surface area contributed by atoms with Crippen molar-refractivity contribution in [3.8, 4) is 11.3 Å². The Balaban J connectivity index is 1.63. The summed E-state index contributed by atoms with van der Waals surface area (Å²) in [5.41, 5.74) is 4.68. The van der Waals surface area contributed by atoms with Gasteiger partial charge in [-0.15, -0.1) is 11.3 Å². The van der Waals surface area contributed by atoms with Crippen molar-refractivity contribution in [3.05, 3.63) is 39.9 Å². The number of thiazole rings is 1. The van der Waals surface area contributed by atoms with E-state index >= 15 is 0 Å². The molecule has 3 aromatic heterocycles. The van der Waals surface area contributed by atoms with Crippen molar-refractivity contribution in [2.24, 2.45) is 0 Å². The molecule has 0 bridgehead atoms. The lowest BCUT2D eigenvalue weighted by atomic mass is 10.1. The molecule has 3 rings (SSSR count). The van der Waals surface area contributed by atoms with E-state index in [1.165, 1.54) is 23.1 Å². The smallest absolute Gasteiger partial charge is 0.226 e. The molecule has 3 heterocycles. The largest absolute Gasteiger partial charge is 0.466 e. The van der Waals surface area contributed by atoms with Gasteiger partial charge in [-0.3, -0.25) is 4.79 Å². The number of aryl methyl sites for hydroxylation is 4. The molecule has 0 unspecified atom stereocenters. The Kier molecular flexibility index (Phi) is 5.96. The molecular formula is C19H22N4O2S2. The van der Waals surface area contributed by atoms with Crippen LogP contribution in [0.3, 0.4) is 0 Å². The van der Waals surface area contributed by atoms with Crippen molar-refractivity contribution in [1.82, 2.24) is 15.0 Å². The van der Waals surface area contributed by atoms with E-state index in [1.54, 1.807) is 0 Å². The van der Waals surface area contributed by atoms with E-state index in [1.807, 2.05) is 45.4 Å². The first-order valence-electron chi connectivity index (χ1n) is 8.58. The van der Waals surface area contributed by atoms with E-state index in [0.717, 1.165) is 44.9 Å². The number of thioether (sulfide) groups is 1. The Labute approximate surface area is 166 Å². The molecular weight excluding hydrogens is 380 g/mol. The van der Waals surface area contributed by atoms with Crippen LogP contribution in [0.15, 0.2) is 21.0 Å². The van der Waals surface area contributed by atoms with Crippen molar-refractivity contribution < 1.29 is 9.21 Å². The average Bonchev–Trinajstić information content (AvgIpc) is 3.19. The van der Waals surface area contributed by atoms with E-state index in [9.17, 15) is 4.79 Å². The maximum atomic E-state index is 12.3. The molecule has 0 saturated carbocycles. The molecule has 0 atom stereocenters. The number of amides is 1. The minimum absolute atomic E-state index is 0.0660. The minimum Gasteiger partial charge on any atom is -0.466 e. The summed E-state index contributed by atoms with van der Waals surface area (Å²) in [7, 11) is 0. The van der Waals surface area contributed by atoms with Crippen LogP contribution in [0.5, 0.6) is 0 Å². The van der Waals surface area contributed by atoms with Crippen molar-refractivity contribution in [3.63, 3.8) is 0 Å². The maximum Gasteiger partial charge on any atom is 0.226 e. The fourth-order valence-electron chi connectivity index (χ4n) is 2.92. The Morgan fingerprint density at radius 2 is 1.89 bits per heavy atom. The van der Waals surface area contributed by atoms with E-state index in [-0.39, 0.29) is 5.91 Å². The van der Waals surface area contributed by atoms with Gasteiger partial charge in [0.05, 0.1) is 5.69 Å². The van der Waals surface area contributed by atoms with Crippen LogP contribution in [0.2, 0.25) is 0 Å². The Bertz CT molecular complexity index is 955.